The van der Waals surface area contributed by atoms with Gasteiger partial charge in [0.1, 0.15) is 5.84 Å². The number of nitrogens with one attached hydrogen (secondary N) is 1. The Bertz CT molecular complexity index is 319. The minimum Gasteiger partial charge on any atom is -0.371 e. The molecule has 1 aromatic rings. The Balaban J connectivity index is 1.97. The topological polar surface area (TPSA) is 50.4 Å². The summed E-state index contributed by atoms with van der Waals surface area (Å²) < 4.78 is 0. The first-order valence-electron chi connectivity index (χ1n) is 4.94. The van der Waals surface area contributed by atoms with Crippen molar-refractivity contribution in [1.29, 1.82) is 0 Å². The summed E-state index contributed by atoms with van der Waals surface area (Å²) in [5.74, 6) is 0.953. The minimum absolute atomic E-state index is 0.0138. The van der Waals surface area contributed by atoms with Gasteiger partial charge >= 0.3 is 0 Å². The molecule has 0 saturated carbocycles. The molecule has 1 unspecified atom stereocenters. The summed E-state index contributed by atoms with van der Waals surface area (Å²) in [6.07, 6.45) is 0.854. The number of amidine groups is 1. The van der Waals surface area contributed by atoms with E-state index in [1.165, 1.54) is 5.56 Å². The van der Waals surface area contributed by atoms with Crippen molar-refractivity contribution >= 4 is 5.84 Å². The SMILES string of the molecule is NC(Cc1ccccc1)C1=NCCN1. The molecule has 0 radical (unpaired) electrons. The van der Waals surface area contributed by atoms with Crippen molar-refractivity contribution in [3.63, 3.8) is 0 Å². The molecular formula is C11H15N3. The molecule has 1 aliphatic rings. The Morgan fingerprint density at radius 3 is 2.79 bits per heavy atom. The van der Waals surface area contributed by atoms with E-state index in [1.54, 1.807) is 0 Å². The third kappa shape index (κ3) is 2.12. The fraction of sp³-hybridized carbons (Fsp3) is 0.364. The number of hydrogen-bond donors (Lipinski definition) is 2. The van der Waals surface area contributed by atoms with E-state index in [0.717, 1.165) is 25.3 Å². The molecule has 74 valence electrons. The highest BCUT2D eigenvalue weighted by atomic mass is 15.1. The van der Waals surface area contributed by atoms with Crippen LogP contribution in [0.3, 0.4) is 0 Å². The van der Waals surface area contributed by atoms with Crippen molar-refractivity contribution in [2.24, 2.45) is 10.7 Å². The Labute approximate surface area is 84.0 Å². The van der Waals surface area contributed by atoms with Gasteiger partial charge in [-0.25, -0.2) is 0 Å². The van der Waals surface area contributed by atoms with Crippen LogP contribution in [0.15, 0.2) is 35.3 Å². The molecule has 0 fully saturated rings. The number of hydrogen-bond acceptors (Lipinski definition) is 3. The first-order chi connectivity index (χ1) is 6.86. The molecule has 1 aromatic carbocycles. The van der Waals surface area contributed by atoms with E-state index in [4.69, 9.17) is 5.73 Å². The second-order valence-electron chi connectivity index (χ2n) is 3.49. The molecule has 3 N–H and O–H groups in total. The molecule has 0 amide bonds. The van der Waals surface area contributed by atoms with Gasteiger partial charge in [0.15, 0.2) is 0 Å². The second-order valence-corrected chi connectivity index (χ2v) is 3.49. The van der Waals surface area contributed by atoms with Crippen LogP contribution in [0, 0.1) is 0 Å². The first-order valence-corrected chi connectivity index (χ1v) is 4.94. The zero-order valence-corrected chi connectivity index (χ0v) is 8.11. The van der Waals surface area contributed by atoms with Crippen LogP contribution in [0.5, 0.6) is 0 Å². The van der Waals surface area contributed by atoms with Crippen molar-refractivity contribution in [3.05, 3.63) is 35.9 Å². The van der Waals surface area contributed by atoms with E-state index in [0.29, 0.717) is 0 Å². The molecule has 14 heavy (non-hydrogen) atoms. The lowest BCUT2D eigenvalue weighted by Crippen LogP contribution is -2.39. The number of aliphatic imine (C=N–C) groups is 1. The fourth-order valence-corrected chi connectivity index (χ4v) is 1.63. The van der Waals surface area contributed by atoms with Gasteiger partial charge in [0.25, 0.3) is 0 Å². The maximum absolute atomic E-state index is 6.02. The fourth-order valence-electron chi connectivity index (χ4n) is 1.63. The average molecular weight is 189 g/mol. The highest BCUT2D eigenvalue weighted by Crippen LogP contribution is 2.03. The zero-order valence-electron chi connectivity index (χ0n) is 8.11. The van der Waals surface area contributed by atoms with Crippen molar-refractivity contribution in [2.45, 2.75) is 12.5 Å². The molecule has 3 nitrogen and oxygen atoms in total. The summed E-state index contributed by atoms with van der Waals surface area (Å²) in [4.78, 5) is 4.31. The quantitative estimate of drug-likeness (QED) is 0.730. The third-order valence-electron chi connectivity index (χ3n) is 2.35. The van der Waals surface area contributed by atoms with Crippen LogP contribution in [-0.2, 0) is 6.42 Å². The highest BCUT2D eigenvalue weighted by molar-refractivity contribution is 5.88. The second kappa shape index (κ2) is 4.24. The van der Waals surface area contributed by atoms with Gasteiger partial charge in [-0.3, -0.25) is 4.99 Å². The lowest BCUT2D eigenvalue weighted by molar-refractivity contribution is 0.818. The molecule has 0 saturated heterocycles. The molecule has 1 heterocycles. The van der Waals surface area contributed by atoms with Crippen LogP contribution in [-0.4, -0.2) is 25.0 Å². The Morgan fingerprint density at radius 2 is 2.14 bits per heavy atom. The number of rotatable bonds is 3. The van der Waals surface area contributed by atoms with Crippen molar-refractivity contribution in [3.8, 4) is 0 Å². The normalized spacial score (nSPS) is 17.4. The van der Waals surface area contributed by atoms with Gasteiger partial charge in [0.05, 0.1) is 12.6 Å². The maximum Gasteiger partial charge on any atom is 0.114 e. The van der Waals surface area contributed by atoms with E-state index >= 15 is 0 Å². The molecule has 0 spiro atoms. The van der Waals surface area contributed by atoms with Crippen LogP contribution >= 0.6 is 0 Å². The van der Waals surface area contributed by atoms with E-state index in [9.17, 15) is 0 Å². The van der Waals surface area contributed by atoms with Gasteiger partial charge in [0, 0.05) is 6.54 Å². The molecule has 1 aliphatic heterocycles. The maximum atomic E-state index is 6.02. The summed E-state index contributed by atoms with van der Waals surface area (Å²) in [5.41, 5.74) is 7.28. The van der Waals surface area contributed by atoms with E-state index in [-0.39, 0.29) is 6.04 Å². The Hall–Kier alpha value is -1.35. The highest BCUT2D eigenvalue weighted by Gasteiger charge is 2.14. The lowest BCUT2D eigenvalue weighted by atomic mass is 10.1. The summed E-state index contributed by atoms with van der Waals surface area (Å²) in [7, 11) is 0. The van der Waals surface area contributed by atoms with E-state index < -0.39 is 0 Å². The largest absolute Gasteiger partial charge is 0.371 e. The molecule has 0 bridgehead atoms. The van der Waals surface area contributed by atoms with Gasteiger partial charge < -0.3 is 11.1 Å². The first kappa shape index (κ1) is 9.21. The van der Waals surface area contributed by atoms with Crippen LogP contribution in [0.1, 0.15) is 5.56 Å². The van der Waals surface area contributed by atoms with Crippen LogP contribution in [0.2, 0.25) is 0 Å². The van der Waals surface area contributed by atoms with Crippen LogP contribution in [0.25, 0.3) is 0 Å². The molecular weight excluding hydrogens is 174 g/mol. The van der Waals surface area contributed by atoms with Gasteiger partial charge in [-0.15, -0.1) is 0 Å². The van der Waals surface area contributed by atoms with Crippen LogP contribution < -0.4 is 11.1 Å². The molecule has 2 rings (SSSR count). The molecule has 1 atom stereocenters. The van der Waals surface area contributed by atoms with Gasteiger partial charge in [-0.05, 0) is 12.0 Å². The predicted octanol–water partition coefficient (Wildman–Crippen LogP) is 0.558. The molecule has 3 heteroatoms. The van der Waals surface area contributed by atoms with Gasteiger partial charge in [0.2, 0.25) is 0 Å². The summed E-state index contributed by atoms with van der Waals surface area (Å²) >= 11 is 0. The van der Waals surface area contributed by atoms with Crippen molar-refractivity contribution in [2.75, 3.05) is 13.1 Å². The monoisotopic (exact) mass is 189 g/mol. The smallest absolute Gasteiger partial charge is 0.114 e. The number of nitrogens with two attached hydrogens (primary N) is 1. The Morgan fingerprint density at radius 1 is 1.36 bits per heavy atom. The Kier molecular flexibility index (Phi) is 2.79. The average Bonchev–Trinajstić information content (AvgIpc) is 2.72. The van der Waals surface area contributed by atoms with Gasteiger partial charge in [-0.2, -0.15) is 0 Å². The van der Waals surface area contributed by atoms with E-state index in [1.807, 2.05) is 18.2 Å². The number of nitrogens with zero attached hydrogens (tertiary/aromatic N) is 1. The zero-order chi connectivity index (χ0) is 9.80. The van der Waals surface area contributed by atoms with Gasteiger partial charge in [-0.1, -0.05) is 30.3 Å². The summed E-state index contributed by atoms with van der Waals surface area (Å²) in [5, 5.41) is 3.20. The minimum atomic E-state index is 0.0138. The summed E-state index contributed by atoms with van der Waals surface area (Å²) in [6, 6.07) is 10.3. The van der Waals surface area contributed by atoms with E-state index in [2.05, 4.69) is 22.4 Å². The van der Waals surface area contributed by atoms with Crippen LogP contribution in [0.4, 0.5) is 0 Å². The molecule has 0 aliphatic carbocycles. The van der Waals surface area contributed by atoms with Crippen molar-refractivity contribution < 1.29 is 0 Å². The lowest BCUT2D eigenvalue weighted by Gasteiger charge is -2.11. The van der Waals surface area contributed by atoms with Crippen molar-refractivity contribution in [1.82, 2.24) is 5.32 Å². The molecule has 0 aromatic heterocycles. The predicted molar refractivity (Wildman–Crippen MR) is 58.4 cm³/mol. The standard InChI is InChI=1S/C11H15N3/c12-10(11-13-6-7-14-11)8-9-4-2-1-3-5-9/h1-5,10H,6-8,12H2,(H,13,14). The third-order valence-corrected chi connectivity index (χ3v) is 2.35. The number of benzene rings is 1. The summed E-state index contributed by atoms with van der Waals surface area (Å²) in [6.45, 7) is 1.79.